The van der Waals surface area contributed by atoms with Crippen LogP contribution in [0.3, 0.4) is 0 Å². The molecule has 1 aliphatic rings. The van der Waals surface area contributed by atoms with Crippen molar-refractivity contribution in [2.45, 2.75) is 37.2 Å². The molecule has 2 aromatic rings. The fraction of sp³-hybridized carbons (Fsp3) is 0.316. The third-order valence-corrected chi connectivity index (χ3v) is 6.56. The van der Waals surface area contributed by atoms with Crippen LogP contribution < -0.4 is 5.32 Å². The van der Waals surface area contributed by atoms with Crippen LogP contribution in [0.25, 0.3) is 0 Å². The normalized spacial score (nSPS) is 17.8. The van der Waals surface area contributed by atoms with Gasteiger partial charge in [-0.15, -0.1) is 0 Å². The van der Waals surface area contributed by atoms with E-state index in [2.05, 4.69) is 5.32 Å². The Morgan fingerprint density at radius 2 is 1.93 bits per heavy atom. The lowest BCUT2D eigenvalue weighted by molar-refractivity contribution is -0.124. The molecule has 1 fully saturated rings. The molecule has 1 N–H and O–H groups in total. The number of halogens is 2. The highest BCUT2D eigenvalue weighted by Gasteiger charge is 2.40. The molecule has 8 heteroatoms. The van der Waals surface area contributed by atoms with E-state index in [1.807, 2.05) is 0 Å². The topological polar surface area (TPSA) is 66.5 Å². The van der Waals surface area contributed by atoms with Crippen molar-refractivity contribution in [3.05, 3.63) is 65.2 Å². The van der Waals surface area contributed by atoms with Crippen molar-refractivity contribution in [1.82, 2.24) is 9.62 Å². The highest BCUT2D eigenvalue weighted by Crippen LogP contribution is 2.27. The predicted molar refractivity (Wildman–Crippen MR) is 96.3 cm³/mol. The minimum absolute atomic E-state index is 0.157. The molecule has 1 unspecified atom stereocenters. The van der Waals surface area contributed by atoms with E-state index in [1.54, 1.807) is 19.1 Å². The number of hydrogen-bond acceptors (Lipinski definition) is 3. The molecule has 27 heavy (non-hydrogen) atoms. The zero-order valence-electron chi connectivity index (χ0n) is 14.8. The number of amides is 1. The molecule has 1 atom stereocenters. The first kappa shape index (κ1) is 19.4. The van der Waals surface area contributed by atoms with Crippen LogP contribution in [0.5, 0.6) is 0 Å². The van der Waals surface area contributed by atoms with Gasteiger partial charge in [-0.05, 0) is 49.1 Å². The summed E-state index contributed by atoms with van der Waals surface area (Å²) in [6.45, 7) is 1.94. The summed E-state index contributed by atoms with van der Waals surface area (Å²) in [6, 6.07) is 8.74. The van der Waals surface area contributed by atoms with Gasteiger partial charge in [0.15, 0.2) is 0 Å². The van der Waals surface area contributed by atoms with Gasteiger partial charge >= 0.3 is 0 Å². The Hall–Kier alpha value is -2.32. The average molecular weight is 394 g/mol. The molecule has 0 aliphatic carbocycles. The molecule has 0 spiro atoms. The van der Waals surface area contributed by atoms with Gasteiger partial charge in [0.25, 0.3) is 0 Å². The van der Waals surface area contributed by atoms with E-state index in [-0.39, 0.29) is 18.9 Å². The molecule has 3 rings (SSSR count). The average Bonchev–Trinajstić information content (AvgIpc) is 3.13. The first-order valence-electron chi connectivity index (χ1n) is 8.60. The lowest BCUT2D eigenvalue weighted by Gasteiger charge is -2.23. The quantitative estimate of drug-likeness (QED) is 0.848. The van der Waals surface area contributed by atoms with Gasteiger partial charge in [0.05, 0.1) is 0 Å². The van der Waals surface area contributed by atoms with Crippen molar-refractivity contribution in [3.8, 4) is 0 Å². The van der Waals surface area contributed by atoms with E-state index in [0.29, 0.717) is 24.0 Å². The van der Waals surface area contributed by atoms with Crippen LogP contribution >= 0.6 is 0 Å². The number of nitrogens with one attached hydrogen (secondary N) is 1. The largest absolute Gasteiger partial charge is 0.351 e. The zero-order chi connectivity index (χ0) is 19.6. The van der Waals surface area contributed by atoms with Crippen molar-refractivity contribution in [3.63, 3.8) is 0 Å². The summed E-state index contributed by atoms with van der Waals surface area (Å²) in [5.41, 5.74) is 1.18. The smallest absolute Gasteiger partial charge is 0.246 e. The van der Waals surface area contributed by atoms with E-state index in [4.69, 9.17) is 0 Å². The Bertz CT molecular complexity index is 963. The third-order valence-electron chi connectivity index (χ3n) is 4.62. The fourth-order valence-electron chi connectivity index (χ4n) is 3.19. The maximum Gasteiger partial charge on any atom is 0.246 e. The molecule has 5 nitrogen and oxygen atoms in total. The monoisotopic (exact) mass is 394 g/mol. The fourth-order valence-corrected chi connectivity index (χ4v) is 4.92. The standard InChI is InChI=1S/C19H20F2N2O3S/c1-13-11-14(8-9-15(13)20)12-22-19(24)17-6-4-10-23(17)27(25,26)18-7-3-2-5-16(18)21/h2-3,5,7-9,11,17H,4,6,10,12H2,1H3,(H,22,24). The molecule has 0 saturated carbocycles. The van der Waals surface area contributed by atoms with Crippen molar-refractivity contribution < 1.29 is 22.0 Å². The van der Waals surface area contributed by atoms with E-state index in [0.717, 1.165) is 10.4 Å². The molecule has 1 heterocycles. The molecular formula is C19H20F2N2O3S. The molecule has 0 bridgehead atoms. The number of sulfonamides is 1. The van der Waals surface area contributed by atoms with Crippen LogP contribution in [0.1, 0.15) is 24.0 Å². The van der Waals surface area contributed by atoms with Crippen molar-refractivity contribution in [2.75, 3.05) is 6.54 Å². The van der Waals surface area contributed by atoms with Crippen molar-refractivity contribution in [2.24, 2.45) is 0 Å². The van der Waals surface area contributed by atoms with Gasteiger partial charge in [-0.3, -0.25) is 4.79 Å². The summed E-state index contributed by atoms with van der Waals surface area (Å²) in [5.74, 6) is -1.62. The second-order valence-electron chi connectivity index (χ2n) is 6.51. The van der Waals surface area contributed by atoms with E-state index in [1.165, 1.54) is 24.3 Å². The van der Waals surface area contributed by atoms with Crippen LogP contribution in [0, 0.1) is 18.6 Å². The first-order chi connectivity index (χ1) is 12.8. The Balaban J connectivity index is 1.74. The molecule has 1 saturated heterocycles. The van der Waals surface area contributed by atoms with E-state index >= 15 is 0 Å². The molecule has 1 aliphatic heterocycles. The summed E-state index contributed by atoms with van der Waals surface area (Å²) in [6.07, 6.45) is 0.878. The van der Waals surface area contributed by atoms with Gasteiger partial charge in [-0.25, -0.2) is 17.2 Å². The second-order valence-corrected chi connectivity index (χ2v) is 8.36. The number of rotatable bonds is 5. The number of carbonyl (C=O) groups is 1. The van der Waals surface area contributed by atoms with Crippen molar-refractivity contribution >= 4 is 15.9 Å². The summed E-state index contributed by atoms with van der Waals surface area (Å²) in [7, 11) is -4.11. The molecule has 2 aromatic carbocycles. The lowest BCUT2D eigenvalue weighted by Crippen LogP contribution is -2.45. The Kier molecular flexibility index (Phi) is 5.57. The molecule has 1 amide bonds. The van der Waals surface area contributed by atoms with Crippen LogP contribution in [0.2, 0.25) is 0 Å². The zero-order valence-corrected chi connectivity index (χ0v) is 15.6. The molecule has 144 valence electrons. The SMILES string of the molecule is Cc1cc(CNC(=O)C2CCCN2S(=O)(=O)c2ccccc2F)ccc1F. The van der Waals surface area contributed by atoms with Crippen LogP contribution in [0.15, 0.2) is 47.4 Å². The summed E-state index contributed by atoms with van der Waals surface area (Å²) < 4.78 is 53.9. The second kappa shape index (κ2) is 7.74. The van der Waals surface area contributed by atoms with Gasteiger partial charge in [-0.2, -0.15) is 4.31 Å². The Morgan fingerprint density at radius 3 is 2.63 bits per heavy atom. The Morgan fingerprint density at radius 1 is 1.19 bits per heavy atom. The minimum atomic E-state index is -4.11. The van der Waals surface area contributed by atoms with Crippen LogP contribution in [-0.4, -0.2) is 31.2 Å². The summed E-state index contributed by atoms with van der Waals surface area (Å²) in [5, 5.41) is 2.69. The van der Waals surface area contributed by atoms with Gasteiger partial charge in [-0.1, -0.05) is 24.3 Å². The lowest BCUT2D eigenvalue weighted by atomic mass is 10.1. The van der Waals surface area contributed by atoms with Crippen LogP contribution in [0.4, 0.5) is 8.78 Å². The first-order valence-corrected chi connectivity index (χ1v) is 10.0. The van der Waals surface area contributed by atoms with Gasteiger partial charge in [0.1, 0.15) is 22.6 Å². The minimum Gasteiger partial charge on any atom is -0.351 e. The van der Waals surface area contributed by atoms with Crippen molar-refractivity contribution in [1.29, 1.82) is 0 Å². The number of benzene rings is 2. The van der Waals surface area contributed by atoms with Gasteiger partial charge < -0.3 is 5.32 Å². The highest BCUT2D eigenvalue weighted by atomic mass is 32.2. The number of carbonyl (C=O) groups excluding carboxylic acids is 1. The number of aryl methyl sites for hydroxylation is 1. The van der Waals surface area contributed by atoms with Gasteiger partial charge in [0.2, 0.25) is 15.9 Å². The number of hydrogen-bond donors (Lipinski definition) is 1. The maximum absolute atomic E-state index is 14.0. The molecule has 0 aromatic heterocycles. The molecule has 0 radical (unpaired) electrons. The third kappa shape index (κ3) is 4.01. The predicted octanol–water partition coefficient (Wildman–Crippen LogP) is 2.74. The highest BCUT2D eigenvalue weighted by molar-refractivity contribution is 7.89. The Labute approximate surface area is 157 Å². The maximum atomic E-state index is 14.0. The van der Waals surface area contributed by atoms with E-state index < -0.39 is 32.7 Å². The van der Waals surface area contributed by atoms with Gasteiger partial charge in [0, 0.05) is 13.1 Å². The summed E-state index contributed by atoms with van der Waals surface area (Å²) in [4.78, 5) is 12.1. The summed E-state index contributed by atoms with van der Waals surface area (Å²) >= 11 is 0. The van der Waals surface area contributed by atoms with E-state index in [9.17, 15) is 22.0 Å². The number of nitrogens with zero attached hydrogens (tertiary/aromatic N) is 1. The molecular weight excluding hydrogens is 374 g/mol. The van der Waals surface area contributed by atoms with Crippen LogP contribution in [-0.2, 0) is 21.4 Å².